The minimum Gasteiger partial charge on any atom is -0.496 e. The Morgan fingerprint density at radius 3 is 2.89 bits per heavy atom. The average molecular weight is 260 g/mol. The van der Waals surface area contributed by atoms with E-state index < -0.39 is 0 Å². The van der Waals surface area contributed by atoms with E-state index in [2.05, 4.69) is 10.3 Å². The maximum atomic E-state index is 8.71. The van der Waals surface area contributed by atoms with E-state index in [4.69, 9.17) is 15.7 Å². The highest BCUT2D eigenvalue weighted by atomic mass is 16.5. The molecule has 3 N–H and O–H groups in total. The van der Waals surface area contributed by atoms with Crippen LogP contribution in [-0.2, 0) is 6.54 Å². The summed E-state index contributed by atoms with van der Waals surface area (Å²) in [4.78, 5) is 0. The van der Waals surface area contributed by atoms with Crippen molar-refractivity contribution in [2.24, 2.45) is 10.9 Å². The van der Waals surface area contributed by atoms with E-state index in [9.17, 15) is 0 Å². The van der Waals surface area contributed by atoms with Gasteiger partial charge in [0.1, 0.15) is 5.75 Å². The summed E-state index contributed by atoms with van der Waals surface area (Å²) in [5, 5.41) is 15.9. The van der Waals surface area contributed by atoms with Crippen molar-refractivity contribution in [2.75, 3.05) is 7.11 Å². The van der Waals surface area contributed by atoms with Crippen molar-refractivity contribution in [3.63, 3.8) is 0 Å². The number of hydrogen-bond donors (Lipinski definition) is 2. The molecule has 100 valence electrons. The minimum absolute atomic E-state index is 0.0262. The van der Waals surface area contributed by atoms with Gasteiger partial charge in [-0.1, -0.05) is 11.2 Å². The van der Waals surface area contributed by atoms with Crippen LogP contribution < -0.4 is 10.5 Å². The van der Waals surface area contributed by atoms with Gasteiger partial charge in [0.25, 0.3) is 0 Å². The van der Waals surface area contributed by atoms with Crippen molar-refractivity contribution in [1.82, 2.24) is 9.78 Å². The molecule has 1 heterocycles. The number of nitrogens with two attached hydrogens (primary N) is 1. The number of benzene rings is 1. The molecule has 2 rings (SSSR count). The van der Waals surface area contributed by atoms with Crippen LogP contribution in [0.5, 0.6) is 5.75 Å². The Hall–Kier alpha value is -2.50. The summed E-state index contributed by atoms with van der Waals surface area (Å²) in [7, 11) is 1.55. The molecule has 0 aliphatic rings. The van der Waals surface area contributed by atoms with Gasteiger partial charge < -0.3 is 15.7 Å². The fraction of sp³-hybridized carbons (Fsp3) is 0.231. The first-order chi connectivity index (χ1) is 9.13. The zero-order valence-electron chi connectivity index (χ0n) is 10.9. The zero-order chi connectivity index (χ0) is 13.8. The van der Waals surface area contributed by atoms with Gasteiger partial charge in [-0.15, -0.1) is 0 Å². The Morgan fingerprint density at radius 1 is 1.53 bits per heavy atom. The van der Waals surface area contributed by atoms with Crippen molar-refractivity contribution in [3.05, 3.63) is 47.3 Å². The number of rotatable bonds is 4. The predicted molar refractivity (Wildman–Crippen MR) is 71.6 cm³/mol. The highest BCUT2D eigenvalue weighted by Gasteiger charge is 2.09. The third-order valence-corrected chi connectivity index (χ3v) is 2.76. The second-order valence-electron chi connectivity index (χ2n) is 4.24. The van der Waals surface area contributed by atoms with Crippen LogP contribution in [0.15, 0.2) is 35.7 Å². The molecule has 0 unspecified atom stereocenters. The van der Waals surface area contributed by atoms with E-state index in [1.807, 2.05) is 36.1 Å². The number of oxime groups is 1. The van der Waals surface area contributed by atoms with Gasteiger partial charge in [-0.3, -0.25) is 4.68 Å². The van der Waals surface area contributed by atoms with Gasteiger partial charge >= 0.3 is 0 Å². The second-order valence-corrected chi connectivity index (χ2v) is 4.24. The Bertz CT molecular complexity index is 604. The summed E-state index contributed by atoms with van der Waals surface area (Å²) < 4.78 is 7.09. The molecule has 0 aliphatic heterocycles. The lowest BCUT2D eigenvalue weighted by Crippen LogP contribution is -2.14. The molecule has 0 spiro atoms. The molecule has 0 radical (unpaired) electrons. The van der Waals surface area contributed by atoms with Gasteiger partial charge in [0.2, 0.25) is 0 Å². The van der Waals surface area contributed by atoms with Crippen LogP contribution in [0.4, 0.5) is 0 Å². The smallest absolute Gasteiger partial charge is 0.173 e. The molecule has 6 heteroatoms. The fourth-order valence-corrected chi connectivity index (χ4v) is 1.84. The van der Waals surface area contributed by atoms with Crippen molar-refractivity contribution < 1.29 is 9.94 Å². The minimum atomic E-state index is 0.0262. The lowest BCUT2D eigenvalue weighted by molar-refractivity contribution is 0.318. The number of ether oxygens (including phenoxy) is 1. The van der Waals surface area contributed by atoms with E-state index >= 15 is 0 Å². The monoisotopic (exact) mass is 260 g/mol. The Balaban J connectivity index is 2.29. The molecule has 6 nitrogen and oxygen atoms in total. The molecule has 0 atom stereocenters. The largest absolute Gasteiger partial charge is 0.496 e. The van der Waals surface area contributed by atoms with Gasteiger partial charge in [-0.2, -0.15) is 5.10 Å². The summed E-state index contributed by atoms with van der Waals surface area (Å²) in [6, 6.07) is 5.51. The second kappa shape index (κ2) is 5.43. The quantitative estimate of drug-likeness (QED) is 0.376. The van der Waals surface area contributed by atoms with Gasteiger partial charge in [-0.25, -0.2) is 0 Å². The fourth-order valence-electron chi connectivity index (χ4n) is 1.84. The zero-order valence-corrected chi connectivity index (χ0v) is 10.9. The molecule has 0 fully saturated rings. The van der Waals surface area contributed by atoms with Gasteiger partial charge in [0, 0.05) is 6.20 Å². The highest BCUT2D eigenvalue weighted by Crippen LogP contribution is 2.20. The molecule has 0 aliphatic carbocycles. The first kappa shape index (κ1) is 12.9. The highest BCUT2D eigenvalue weighted by molar-refractivity contribution is 5.99. The average Bonchev–Trinajstić information content (AvgIpc) is 2.83. The van der Waals surface area contributed by atoms with Gasteiger partial charge in [-0.05, 0) is 30.2 Å². The first-order valence-corrected chi connectivity index (χ1v) is 5.78. The standard InChI is InChI=1S/C13H16N4O2/c1-9-6-15-17(7-9)8-10-3-4-11(13(14)16-18)12(5-10)19-2/h3-7,18H,8H2,1-2H3,(H2,14,16). The molecular formula is C13H16N4O2. The molecule has 0 bridgehead atoms. The summed E-state index contributed by atoms with van der Waals surface area (Å²) in [5.41, 5.74) is 8.27. The number of nitrogens with zero attached hydrogens (tertiary/aromatic N) is 3. The van der Waals surface area contributed by atoms with Crippen molar-refractivity contribution in [2.45, 2.75) is 13.5 Å². The van der Waals surface area contributed by atoms with E-state index in [0.717, 1.165) is 11.1 Å². The summed E-state index contributed by atoms with van der Waals surface area (Å²) in [5.74, 6) is 0.593. The van der Waals surface area contributed by atoms with E-state index in [0.29, 0.717) is 17.9 Å². The van der Waals surface area contributed by atoms with Crippen LogP contribution in [0.3, 0.4) is 0 Å². The van der Waals surface area contributed by atoms with Gasteiger partial charge in [0.05, 0.1) is 25.4 Å². The van der Waals surface area contributed by atoms with Crippen LogP contribution >= 0.6 is 0 Å². The molecule has 1 aromatic carbocycles. The predicted octanol–water partition coefficient (Wildman–Crippen LogP) is 1.34. The maximum absolute atomic E-state index is 8.71. The van der Waals surface area contributed by atoms with Crippen LogP contribution in [-0.4, -0.2) is 27.9 Å². The Kier molecular flexibility index (Phi) is 3.70. The lowest BCUT2D eigenvalue weighted by atomic mass is 10.1. The molecule has 0 amide bonds. The lowest BCUT2D eigenvalue weighted by Gasteiger charge is -2.09. The topological polar surface area (TPSA) is 85.7 Å². The first-order valence-electron chi connectivity index (χ1n) is 5.78. The van der Waals surface area contributed by atoms with E-state index in [1.54, 1.807) is 13.2 Å². The number of aromatic nitrogens is 2. The SMILES string of the molecule is COc1cc(Cn2cc(C)cn2)ccc1/C(N)=N/O. The van der Waals surface area contributed by atoms with Crippen molar-refractivity contribution in [3.8, 4) is 5.75 Å². The maximum Gasteiger partial charge on any atom is 0.173 e. The molecule has 0 saturated heterocycles. The van der Waals surface area contributed by atoms with Crippen LogP contribution in [0.25, 0.3) is 0 Å². The number of amidine groups is 1. The molecular weight excluding hydrogens is 244 g/mol. The number of aryl methyl sites for hydroxylation is 1. The van der Waals surface area contributed by atoms with Gasteiger partial charge in [0.15, 0.2) is 5.84 Å². The molecule has 1 aromatic heterocycles. The summed E-state index contributed by atoms with van der Waals surface area (Å²) in [6.45, 7) is 2.63. The van der Waals surface area contributed by atoms with Crippen molar-refractivity contribution >= 4 is 5.84 Å². The number of methoxy groups -OCH3 is 1. The van der Waals surface area contributed by atoms with E-state index in [-0.39, 0.29) is 5.84 Å². The Morgan fingerprint density at radius 2 is 2.32 bits per heavy atom. The third kappa shape index (κ3) is 2.85. The molecule has 19 heavy (non-hydrogen) atoms. The molecule has 2 aromatic rings. The normalized spacial score (nSPS) is 11.6. The van der Waals surface area contributed by atoms with Crippen LogP contribution in [0.2, 0.25) is 0 Å². The van der Waals surface area contributed by atoms with Crippen LogP contribution in [0.1, 0.15) is 16.7 Å². The summed E-state index contributed by atoms with van der Waals surface area (Å²) >= 11 is 0. The molecule has 0 saturated carbocycles. The Labute approximate surface area is 111 Å². The van der Waals surface area contributed by atoms with E-state index in [1.165, 1.54) is 0 Å². The van der Waals surface area contributed by atoms with Crippen molar-refractivity contribution in [1.29, 1.82) is 0 Å². The number of hydrogen-bond acceptors (Lipinski definition) is 4. The van der Waals surface area contributed by atoms with Crippen LogP contribution in [0, 0.1) is 6.92 Å². The third-order valence-electron chi connectivity index (χ3n) is 2.76. The summed E-state index contributed by atoms with van der Waals surface area (Å²) in [6.07, 6.45) is 3.77.